The number of H-pyrrole nitrogens is 1. The molecular weight excluding hydrogens is 298 g/mol. The monoisotopic (exact) mass is 319 g/mol. The molecule has 4 rings (SSSR count). The molecule has 1 aromatic carbocycles. The second-order valence-corrected chi connectivity index (χ2v) is 6.32. The number of aromatic nitrogens is 4. The summed E-state index contributed by atoms with van der Waals surface area (Å²) in [6, 6.07) is 14.6. The standard InChI is InChI=1S/C19H21N5/c1-2-4-15(5-3-1)14-24-12-8-17(9-13-24)19-21-18(22-23-19)16-6-10-20-11-7-16/h1-7,10-11,17H,8-9,12-14H2,(H,21,22,23). The fraction of sp³-hybridized carbons (Fsp3) is 0.316. The van der Waals surface area contributed by atoms with Gasteiger partial charge in [-0.2, -0.15) is 5.10 Å². The van der Waals surface area contributed by atoms with Gasteiger partial charge in [0.05, 0.1) is 0 Å². The summed E-state index contributed by atoms with van der Waals surface area (Å²) in [6.07, 6.45) is 5.79. The van der Waals surface area contributed by atoms with Crippen molar-refractivity contribution in [3.8, 4) is 11.4 Å². The van der Waals surface area contributed by atoms with Crippen LogP contribution in [-0.2, 0) is 6.54 Å². The molecule has 1 saturated heterocycles. The van der Waals surface area contributed by atoms with Gasteiger partial charge in [0.2, 0.25) is 0 Å². The molecule has 0 aliphatic carbocycles. The van der Waals surface area contributed by atoms with Crippen LogP contribution in [0.2, 0.25) is 0 Å². The Bertz CT molecular complexity index is 761. The van der Waals surface area contributed by atoms with Crippen LogP contribution in [0.5, 0.6) is 0 Å². The quantitative estimate of drug-likeness (QED) is 0.802. The van der Waals surface area contributed by atoms with E-state index in [-0.39, 0.29) is 0 Å². The van der Waals surface area contributed by atoms with Gasteiger partial charge < -0.3 is 0 Å². The summed E-state index contributed by atoms with van der Waals surface area (Å²) in [5, 5.41) is 7.51. The molecule has 0 unspecified atom stereocenters. The highest BCUT2D eigenvalue weighted by molar-refractivity contribution is 5.53. The number of hydrogen-bond acceptors (Lipinski definition) is 4. The van der Waals surface area contributed by atoms with Crippen LogP contribution >= 0.6 is 0 Å². The van der Waals surface area contributed by atoms with E-state index in [9.17, 15) is 0 Å². The molecule has 1 aliphatic rings. The maximum atomic E-state index is 4.70. The van der Waals surface area contributed by atoms with E-state index in [1.165, 1.54) is 5.56 Å². The molecule has 5 heteroatoms. The fourth-order valence-corrected chi connectivity index (χ4v) is 3.29. The first-order valence-electron chi connectivity index (χ1n) is 8.47. The molecule has 0 spiro atoms. The lowest BCUT2D eigenvalue weighted by Gasteiger charge is -2.30. The van der Waals surface area contributed by atoms with Gasteiger partial charge in [0.1, 0.15) is 5.82 Å². The van der Waals surface area contributed by atoms with Gasteiger partial charge in [0.15, 0.2) is 5.82 Å². The van der Waals surface area contributed by atoms with E-state index in [1.54, 1.807) is 12.4 Å². The summed E-state index contributed by atoms with van der Waals surface area (Å²) in [4.78, 5) is 11.3. The lowest BCUT2D eigenvalue weighted by atomic mass is 9.96. The highest BCUT2D eigenvalue weighted by Crippen LogP contribution is 2.27. The Morgan fingerprint density at radius 3 is 2.50 bits per heavy atom. The van der Waals surface area contributed by atoms with Crippen molar-refractivity contribution < 1.29 is 0 Å². The molecule has 3 aromatic rings. The molecule has 1 N–H and O–H groups in total. The van der Waals surface area contributed by atoms with Crippen molar-refractivity contribution in [2.45, 2.75) is 25.3 Å². The van der Waals surface area contributed by atoms with E-state index in [0.29, 0.717) is 5.92 Å². The van der Waals surface area contributed by atoms with Crippen molar-refractivity contribution in [2.75, 3.05) is 13.1 Å². The number of aromatic amines is 1. The third-order valence-corrected chi connectivity index (χ3v) is 4.66. The van der Waals surface area contributed by atoms with Gasteiger partial charge in [0, 0.05) is 30.4 Å². The molecule has 0 bridgehead atoms. The van der Waals surface area contributed by atoms with Crippen molar-refractivity contribution >= 4 is 0 Å². The number of nitrogens with one attached hydrogen (secondary N) is 1. The summed E-state index contributed by atoms with van der Waals surface area (Å²) in [5.41, 5.74) is 2.39. The average molecular weight is 319 g/mol. The SMILES string of the molecule is c1ccc(CN2CCC(c3nc(-c4ccncc4)n[nH]3)CC2)cc1. The summed E-state index contributed by atoms with van der Waals surface area (Å²) in [6.45, 7) is 3.24. The van der Waals surface area contributed by atoms with Gasteiger partial charge >= 0.3 is 0 Å². The van der Waals surface area contributed by atoms with E-state index in [1.807, 2.05) is 12.1 Å². The fourth-order valence-electron chi connectivity index (χ4n) is 3.29. The van der Waals surface area contributed by atoms with Crippen molar-refractivity contribution in [1.82, 2.24) is 25.1 Å². The summed E-state index contributed by atoms with van der Waals surface area (Å²) in [5.74, 6) is 2.25. The minimum Gasteiger partial charge on any atom is -0.299 e. The third kappa shape index (κ3) is 3.36. The maximum absolute atomic E-state index is 4.70. The van der Waals surface area contributed by atoms with E-state index in [2.05, 4.69) is 50.4 Å². The third-order valence-electron chi connectivity index (χ3n) is 4.66. The van der Waals surface area contributed by atoms with E-state index >= 15 is 0 Å². The minimum absolute atomic E-state index is 0.472. The molecule has 2 aromatic heterocycles. The maximum Gasteiger partial charge on any atom is 0.181 e. The largest absolute Gasteiger partial charge is 0.299 e. The molecule has 1 fully saturated rings. The molecule has 0 radical (unpaired) electrons. The van der Waals surface area contributed by atoms with Crippen LogP contribution in [0.15, 0.2) is 54.9 Å². The van der Waals surface area contributed by atoms with Crippen molar-refractivity contribution in [1.29, 1.82) is 0 Å². The van der Waals surface area contributed by atoms with Crippen LogP contribution in [0, 0.1) is 0 Å². The molecule has 0 atom stereocenters. The van der Waals surface area contributed by atoms with Crippen molar-refractivity contribution in [3.05, 3.63) is 66.2 Å². The van der Waals surface area contributed by atoms with Crippen molar-refractivity contribution in [2.24, 2.45) is 0 Å². The lowest BCUT2D eigenvalue weighted by molar-refractivity contribution is 0.202. The number of nitrogens with zero attached hydrogens (tertiary/aromatic N) is 4. The normalized spacial score (nSPS) is 16.3. The molecule has 3 heterocycles. The Hall–Kier alpha value is -2.53. The first kappa shape index (κ1) is 15.0. The van der Waals surface area contributed by atoms with E-state index < -0.39 is 0 Å². The lowest BCUT2D eigenvalue weighted by Crippen LogP contribution is -2.32. The second kappa shape index (κ2) is 6.93. The van der Waals surface area contributed by atoms with Crippen LogP contribution in [0.1, 0.15) is 30.1 Å². The topological polar surface area (TPSA) is 57.7 Å². The summed E-state index contributed by atoms with van der Waals surface area (Å²) in [7, 11) is 0. The Morgan fingerprint density at radius 2 is 1.75 bits per heavy atom. The van der Waals surface area contributed by atoms with Gasteiger partial charge in [-0.3, -0.25) is 15.0 Å². The molecule has 5 nitrogen and oxygen atoms in total. The van der Waals surface area contributed by atoms with Crippen LogP contribution in [-0.4, -0.2) is 38.2 Å². The number of pyridine rings is 1. The van der Waals surface area contributed by atoms with E-state index in [0.717, 1.165) is 49.7 Å². The minimum atomic E-state index is 0.472. The first-order valence-corrected chi connectivity index (χ1v) is 8.47. The first-order chi connectivity index (χ1) is 11.9. The number of hydrogen-bond donors (Lipinski definition) is 1. The van der Waals surface area contributed by atoms with Gasteiger partial charge in [-0.15, -0.1) is 0 Å². The average Bonchev–Trinajstić information content (AvgIpc) is 3.14. The van der Waals surface area contributed by atoms with Crippen LogP contribution in [0.3, 0.4) is 0 Å². The predicted molar refractivity (Wildman–Crippen MR) is 93.3 cm³/mol. The Labute approximate surface area is 141 Å². The van der Waals surface area contributed by atoms with Crippen LogP contribution in [0.4, 0.5) is 0 Å². The zero-order chi connectivity index (χ0) is 16.2. The summed E-state index contributed by atoms with van der Waals surface area (Å²) >= 11 is 0. The van der Waals surface area contributed by atoms with Crippen molar-refractivity contribution in [3.63, 3.8) is 0 Å². The van der Waals surface area contributed by atoms with E-state index in [4.69, 9.17) is 4.98 Å². The molecule has 24 heavy (non-hydrogen) atoms. The smallest absolute Gasteiger partial charge is 0.181 e. The van der Waals surface area contributed by atoms with Gasteiger partial charge in [0.25, 0.3) is 0 Å². The number of benzene rings is 1. The van der Waals surface area contributed by atoms with Crippen LogP contribution in [0.25, 0.3) is 11.4 Å². The Morgan fingerprint density at radius 1 is 1.00 bits per heavy atom. The second-order valence-electron chi connectivity index (χ2n) is 6.32. The Balaban J connectivity index is 1.37. The molecule has 0 saturated carbocycles. The Kier molecular flexibility index (Phi) is 4.34. The van der Waals surface area contributed by atoms with Gasteiger partial charge in [-0.25, -0.2) is 4.98 Å². The van der Waals surface area contributed by atoms with Gasteiger partial charge in [-0.05, 0) is 43.6 Å². The molecule has 122 valence electrons. The molecular formula is C19H21N5. The molecule has 0 amide bonds. The zero-order valence-corrected chi connectivity index (χ0v) is 13.6. The number of rotatable bonds is 4. The van der Waals surface area contributed by atoms with Gasteiger partial charge in [-0.1, -0.05) is 30.3 Å². The number of likely N-dealkylation sites (tertiary alicyclic amines) is 1. The van der Waals surface area contributed by atoms with Crippen LogP contribution < -0.4 is 0 Å². The number of piperidine rings is 1. The highest BCUT2D eigenvalue weighted by atomic mass is 15.2. The molecule has 1 aliphatic heterocycles. The predicted octanol–water partition coefficient (Wildman–Crippen LogP) is 3.25. The zero-order valence-electron chi connectivity index (χ0n) is 13.6. The summed E-state index contributed by atoms with van der Waals surface area (Å²) < 4.78 is 0. The highest BCUT2D eigenvalue weighted by Gasteiger charge is 2.23.